The van der Waals surface area contributed by atoms with Gasteiger partial charge in [0.25, 0.3) is 0 Å². The number of carbonyl (C=O) groups excluding carboxylic acids is 2. The first kappa shape index (κ1) is 21.3. The third-order valence-electron chi connectivity index (χ3n) is 4.68. The van der Waals surface area contributed by atoms with Gasteiger partial charge in [0, 0.05) is 50.5 Å². The van der Waals surface area contributed by atoms with Gasteiger partial charge in [0.1, 0.15) is 12.2 Å². The highest BCUT2D eigenvalue weighted by Gasteiger charge is 2.33. The lowest BCUT2D eigenvalue weighted by atomic mass is 9.92. The summed E-state index contributed by atoms with van der Waals surface area (Å²) >= 11 is 0. The predicted octanol–water partition coefficient (Wildman–Crippen LogP) is 1.87. The van der Waals surface area contributed by atoms with Crippen LogP contribution in [0.1, 0.15) is 44.9 Å². The van der Waals surface area contributed by atoms with Gasteiger partial charge >= 0.3 is 11.9 Å². The van der Waals surface area contributed by atoms with E-state index in [2.05, 4.69) is 6.58 Å². The molecule has 0 aromatic rings. The summed E-state index contributed by atoms with van der Waals surface area (Å²) in [4.78, 5) is 21.5. The van der Waals surface area contributed by atoms with Gasteiger partial charge in [-0.15, -0.1) is 6.58 Å². The van der Waals surface area contributed by atoms with Crippen molar-refractivity contribution in [2.24, 2.45) is 5.92 Å². The molecule has 0 aromatic carbocycles. The number of hydrogen-bond acceptors (Lipinski definition) is 6. The highest BCUT2D eigenvalue weighted by molar-refractivity contribution is 7.85. The van der Waals surface area contributed by atoms with E-state index in [0.717, 1.165) is 25.7 Å². The molecule has 2 aliphatic heterocycles. The second-order valence-corrected chi connectivity index (χ2v) is 10.2. The first-order valence-electron chi connectivity index (χ1n) is 9.19. The number of carbonyl (C=O) groups is 2. The Kier molecular flexibility index (Phi) is 8.98. The standard InChI is InChI=1S/C18H28O6S2/c1-2-14(16-13-18(20)24-16)6-3-8-25(21)10-5-11-26(22)9-4-7-15-12-17(19)23-15/h2,14-16H,1,3-13H2. The molecule has 0 N–H and O–H groups in total. The van der Waals surface area contributed by atoms with Crippen LogP contribution in [0.3, 0.4) is 0 Å². The van der Waals surface area contributed by atoms with E-state index in [1.807, 2.05) is 6.08 Å². The van der Waals surface area contributed by atoms with Crippen LogP contribution in [0.5, 0.6) is 0 Å². The zero-order chi connectivity index (χ0) is 18.9. The topological polar surface area (TPSA) is 86.7 Å². The molecule has 6 nitrogen and oxygen atoms in total. The zero-order valence-corrected chi connectivity index (χ0v) is 16.7. The lowest BCUT2D eigenvalue weighted by molar-refractivity contribution is -0.173. The Bertz CT molecular complexity index is 546. The zero-order valence-electron chi connectivity index (χ0n) is 15.1. The van der Waals surface area contributed by atoms with Crippen molar-refractivity contribution >= 4 is 33.5 Å². The maximum atomic E-state index is 12.0. The van der Waals surface area contributed by atoms with Crippen molar-refractivity contribution in [2.45, 2.75) is 57.2 Å². The average molecular weight is 405 g/mol. The highest BCUT2D eigenvalue weighted by atomic mass is 32.2. The number of esters is 2. The van der Waals surface area contributed by atoms with Crippen LogP contribution in [-0.4, -0.2) is 55.6 Å². The molecule has 0 amide bonds. The molecule has 0 aliphatic carbocycles. The number of cyclic esters (lactones) is 2. The molecule has 2 fully saturated rings. The van der Waals surface area contributed by atoms with Crippen molar-refractivity contribution < 1.29 is 27.5 Å². The first-order valence-corrected chi connectivity index (χ1v) is 12.2. The SMILES string of the molecule is C=CC(CCCS(=O)CCCS(=O)CCCC1CC(=O)O1)C1CC(=O)O1. The molecule has 0 spiro atoms. The molecule has 26 heavy (non-hydrogen) atoms. The van der Waals surface area contributed by atoms with Crippen molar-refractivity contribution in [1.82, 2.24) is 0 Å². The van der Waals surface area contributed by atoms with Gasteiger partial charge in [-0.25, -0.2) is 0 Å². The second kappa shape index (κ2) is 11.0. The Labute approximate surface area is 160 Å². The molecule has 2 heterocycles. The number of ether oxygens (including phenoxy) is 2. The average Bonchev–Trinajstić information content (AvgIpc) is 2.54. The molecule has 5 atom stereocenters. The van der Waals surface area contributed by atoms with Crippen LogP contribution in [0, 0.1) is 5.92 Å². The van der Waals surface area contributed by atoms with Gasteiger partial charge in [-0.1, -0.05) is 6.08 Å². The molecule has 5 unspecified atom stereocenters. The highest BCUT2D eigenvalue weighted by Crippen LogP contribution is 2.26. The Hall–Kier alpha value is -1.02. The van der Waals surface area contributed by atoms with Crippen molar-refractivity contribution in [2.75, 3.05) is 23.0 Å². The summed E-state index contributed by atoms with van der Waals surface area (Å²) in [7, 11) is -1.80. The van der Waals surface area contributed by atoms with E-state index >= 15 is 0 Å². The van der Waals surface area contributed by atoms with E-state index in [1.165, 1.54) is 0 Å². The van der Waals surface area contributed by atoms with Gasteiger partial charge in [-0.2, -0.15) is 0 Å². The van der Waals surface area contributed by atoms with E-state index in [1.54, 1.807) is 0 Å². The largest absolute Gasteiger partial charge is 0.462 e. The molecule has 0 bridgehead atoms. The van der Waals surface area contributed by atoms with Crippen molar-refractivity contribution in [3.8, 4) is 0 Å². The lowest BCUT2D eigenvalue weighted by Gasteiger charge is -2.31. The minimum Gasteiger partial charge on any atom is -0.462 e. The maximum absolute atomic E-state index is 12.0. The quantitative estimate of drug-likeness (QED) is 0.324. The van der Waals surface area contributed by atoms with Gasteiger partial charge in [0.2, 0.25) is 0 Å². The molecule has 2 aliphatic rings. The third-order valence-corrected chi connectivity index (χ3v) is 7.65. The van der Waals surface area contributed by atoms with Crippen molar-refractivity contribution in [3.63, 3.8) is 0 Å². The molecule has 0 aromatic heterocycles. The minimum absolute atomic E-state index is 0.0230. The van der Waals surface area contributed by atoms with Crippen LogP contribution in [0.15, 0.2) is 12.7 Å². The predicted molar refractivity (Wildman–Crippen MR) is 102 cm³/mol. The van der Waals surface area contributed by atoms with Crippen molar-refractivity contribution in [3.05, 3.63) is 12.7 Å². The number of rotatable bonds is 14. The fraction of sp³-hybridized carbons (Fsp3) is 0.778. The van der Waals surface area contributed by atoms with E-state index in [0.29, 0.717) is 42.3 Å². The van der Waals surface area contributed by atoms with Gasteiger partial charge in [-0.05, 0) is 32.1 Å². The summed E-state index contributed by atoms with van der Waals surface area (Å²) in [5.74, 6) is 2.21. The fourth-order valence-corrected chi connectivity index (χ4v) is 5.58. The first-order chi connectivity index (χ1) is 12.5. The van der Waals surface area contributed by atoms with E-state index in [4.69, 9.17) is 9.47 Å². The van der Waals surface area contributed by atoms with Crippen molar-refractivity contribution in [1.29, 1.82) is 0 Å². The number of hydrogen-bond donors (Lipinski definition) is 0. The van der Waals surface area contributed by atoms with Gasteiger partial charge < -0.3 is 9.47 Å². The molecule has 0 radical (unpaired) electrons. The Morgan fingerprint density at radius 2 is 1.50 bits per heavy atom. The Balaban J connectivity index is 1.45. The van der Waals surface area contributed by atoms with Crippen LogP contribution < -0.4 is 0 Å². The summed E-state index contributed by atoms with van der Waals surface area (Å²) < 4.78 is 33.9. The van der Waals surface area contributed by atoms with Crippen LogP contribution in [0.2, 0.25) is 0 Å². The lowest BCUT2D eigenvalue weighted by Crippen LogP contribution is -2.38. The fourth-order valence-electron chi connectivity index (χ4n) is 3.08. The molecule has 2 saturated heterocycles. The third kappa shape index (κ3) is 7.31. The molecular formula is C18H28O6S2. The summed E-state index contributed by atoms with van der Waals surface area (Å²) in [6.07, 6.45) is 6.62. The van der Waals surface area contributed by atoms with Gasteiger partial charge in [-0.3, -0.25) is 18.0 Å². The maximum Gasteiger partial charge on any atom is 0.309 e. The van der Waals surface area contributed by atoms with Crippen LogP contribution >= 0.6 is 0 Å². The molecule has 8 heteroatoms. The van der Waals surface area contributed by atoms with Crippen LogP contribution in [0.25, 0.3) is 0 Å². The van der Waals surface area contributed by atoms with E-state index in [9.17, 15) is 18.0 Å². The summed E-state index contributed by atoms with van der Waals surface area (Å²) in [6, 6.07) is 0. The minimum atomic E-state index is -0.902. The molecule has 2 rings (SSSR count). The Morgan fingerprint density at radius 3 is 2.04 bits per heavy atom. The summed E-state index contributed by atoms with van der Waals surface area (Å²) in [5, 5.41) is 0. The van der Waals surface area contributed by atoms with Gasteiger partial charge in [0.05, 0.1) is 12.8 Å². The normalized spacial score (nSPS) is 25.2. The van der Waals surface area contributed by atoms with E-state index in [-0.39, 0.29) is 30.1 Å². The Morgan fingerprint density at radius 1 is 0.962 bits per heavy atom. The molecule has 148 valence electrons. The second-order valence-electron chi connectivity index (χ2n) is 6.78. The van der Waals surface area contributed by atoms with Crippen LogP contribution in [0.4, 0.5) is 0 Å². The molecular weight excluding hydrogens is 376 g/mol. The molecule has 0 saturated carbocycles. The van der Waals surface area contributed by atoms with Gasteiger partial charge in [0.15, 0.2) is 0 Å². The summed E-state index contributed by atoms with van der Waals surface area (Å²) in [5.41, 5.74) is 0. The van der Waals surface area contributed by atoms with Crippen LogP contribution in [-0.2, 0) is 40.7 Å². The smallest absolute Gasteiger partial charge is 0.309 e. The monoisotopic (exact) mass is 404 g/mol. The van der Waals surface area contributed by atoms with E-state index < -0.39 is 21.6 Å². The summed E-state index contributed by atoms with van der Waals surface area (Å²) in [6.45, 7) is 3.78.